The number of hydrogen-bond donors (Lipinski definition) is 1. The van der Waals surface area contributed by atoms with Crippen molar-refractivity contribution in [1.82, 2.24) is 29.9 Å². The van der Waals surface area contributed by atoms with Gasteiger partial charge in [0.25, 0.3) is 0 Å². The van der Waals surface area contributed by atoms with E-state index in [4.69, 9.17) is 9.51 Å². The van der Waals surface area contributed by atoms with E-state index in [0.29, 0.717) is 12.4 Å². The number of aromatic nitrogens is 4. The molecule has 1 aliphatic heterocycles. The number of nitrogens with one attached hydrogen (secondary N) is 1. The Morgan fingerprint density at radius 3 is 2.92 bits per heavy atom. The van der Waals surface area contributed by atoms with Gasteiger partial charge in [0.05, 0.1) is 17.1 Å². The first-order chi connectivity index (χ1) is 11.8. The smallest absolute Gasteiger partial charge is 0.246 e. The average molecular weight is 363 g/mol. The molecule has 1 atom stereocenters. The zero-order valence-corrected chi connectivity index (χ0v) is 15.3. The van der Waals surface area contributed by atoms with Crippen molar-refractivity contribution in [3.05, 3.63) is 41.8 Å². The summed E-state index contributed by atoms with van der Waals surface area (Å²) in [6.07, 6.45) is 0.866. The molecule has 1 unspecified atom stereocenters. The van der Waals surface area contributed by atoms with Crippen LogP contribution < -0.4 is 5.32 Å². The third kappa shape index (κ3) is 3.40. The standard InChI is InChI=1S/C17H22N6O.ClH/c1-3-15-19-12-6-4-5-7-13(12)23(15)11-16-20-17(21-24-16)14-10-18-8-9-22(14)2;/h4-7,14,18H,3,8-11H2,1-2H3;1H. The van der Waals surface area contributed by atoms with E-state index in [2.05, 4.69) is 45.0 Å². The Kier molecular flexibility index (Phi) is 5.36. The van der Waals surface area contributed by atoms with Gasteiger partial charge in [-0.3, -0.25) is 4.90 Å². The van der Waals surface area contributed by atoms with E-state index in [0.717, 1.165) is 48.7 Å². The molecule has 8 heteroatoms. The number of nitrogens with zero attached hydrogens (tertiary/aromatic N) is 5. The predicted molar refractivity (Wildman–Crippen MR) is 98.0 cm³/mol. The van der Waals surface area contributed by atoms with Crippen molar-refractivity contribution < 1.29 is 4.52 Å². The molecule has 25 heavy (non-hydrogen) atoms. The molecule has 0 spiro atoms. The fourth-order valence-electron chi connectivity index (χ4n) is 3.27. The number of rotatable bonds is 4. The van der Waals surface area contributed by atoms with Crippen LogP contribution in [0.4, 0.5) is 0 Å². The average Bonchev–Trinajstić information content (AvgIpc) is 3.21. The van der Waals surface area contributed by atoms with Crippen molar-refractivity contribution in [3.8, 4) is 0 Å². The number of likely N-dealkylation sites (N-methyl/N-ethyl adjacent to an activating group) is 1. The Labute approximate surface area is 152 Å². The maximum Gasteiger partial charge on any atom is 0.246 e. The number of piperazine rings is 1. The van der Waals surface area contributed by atoms with Crippen molar-refractivity contribution >= 4 is 23.4 Å². The molecule has 2 aromatic heterocycles. The second-order valence-electron chi connectivity index (χ2n) is 6.20. The molecule has 0 bridgehead atoms. The fourth-order valence-corrected chi connectivity index (χ4v) is 3.27. The highest BCUT2D eigenvalue weighted by Crippen LogP contribution is 2.20. The quantitative estimate of drug-likeness (QED) is 0.765. The Hall–Kier alpha value is -1.96. The summed E-state index contributed by atoms with van der Waals surface area (Å²) in [4.78, 5) is 11.6. The SMILES string of the molecule is CCc1nc2ccccc2n1Cc1nc(C2CNCCN2C)no1.Cl. The van der Waals surface area contributed by atoms with Crippen LogP contribution in [0, 0.1) is 0 Å². The van der Waals surface area contributed by atoms with Crippen LogP contribution in [0.1, 0.15) is 30.5 Å². The summed E-state index contributed by atoms with van der Waals surface area (Å²) >= 11 is 0. The van der Waals surface area contributed by atoms with Gasteiger partial charge in [-0.25, -0.2) is 4.98 Å². The van der Waals surface area contributed by atoms with E-state index in [9.17, 15) is 0 Å². The fraction of sp³-hybridized carbons (Fsp3) is 0.471. The third-order valence-corrected chi connectivity index (χ3v) is 4.64. The highest BCUT2D eigenvalue weighted by atomic mass is 35.5. The molecule has 0 aliphatic carbocycles. The van der Waals surface area contributed by atoms with Crippen molar-refractivity contribution in [3.63, 3.8) is 0 Å². The van der Waals surface area contributed by atoms with Crippen LogP contribution in [0.25, 0.3) is 11.0 Å². The van der Waals surface area contributed by atoms with Crippen molar-refractivity contribution in [1.29, 1.82) is 0 Å². The number of aryl methyl sites for hydroxylation is 1. The zero-order valence-electron chi connectivity index (χ0n) is 14.5. The van der Waals surface area contributed by atoms with Gasteiger partial charge >= 0.3 is 0 Å². The lowest BCUT2D eigenvalue weighted by Crippen LogP contribution is -2.44. The van der Waals surface area contributed by atoms with Crippen LogP contribution in [-0.2, 0) is 13.0 Å². The van der Waals surface area contributed by atoms with Crippen LogP contribution in [0.2, 0.25) is 0 Å². The minimum Gasteiger partial charge on any atom is -0.337 e. The predicted octanol–water partition coefficient (Wildman–Crippen LogP) is 2.03. The second-order valence-corrected chi connectivity index (χ2v) is 6.20. The van der Waals surface area contributed by atoms with Crippen LogP contribution in [0.5, 0.6) is 0 Å². The van der Waals surface area contributed by atoms with E-state index in [1.807, 2.05) is 18.2 Å². The Balaban J connectivity index is 0.00000182. The summed E-state index contributed by atoms with van der Waals surface area (Å²) < 4.78 is 7.69. The third-order valence-electron chi connectivity index (χ3n) is 4.64. The molecule has 0 amide bonds. The molecule has 0 saturated carbocycles. The molecule has 7 nitrogen and oxygen atoms in total. The highest BCUT2D eigenvalue weighted by Gasteiger charge is 2.25. The Morgan fingerprint density at radius 2 is 2.12 bits per heavy atom. The monoisotopic (exact) mass is 362 g/mol. The maximum absolute atomic E-state index is 5.52. The lowest BCUT2D eigenvalue weighted by Gasteiger charge is -2.30. The summed E-state index contributed by atoms with van der Waals surface area (Å²) in [7, 11) is 2.10. The molecule has 1 saturated heterocycles. The van der Waals surface area contributed by atoms with Gasteiger partial charge in [-0.1, -0.05) is 24.2 Å². The Morgan fingerprint density at radius 1 is 1.28 bits per heavy atom. The molecule has 0 radical (unpaired) electrons. The number of halogens is 1. The van der Waals surface area contributed by atoms with Gasteiger partial charge in [-0.2, -0.15) is 4.98 Å². The van der Waals surface area contributed by atoms with Gasteiger partial charge in [-0.05, 0) is 19.2 Å². The van der Waals surface area contributed by atoms with Crippen LogP contribution >= 0.6 is 12.4 Å². The first kappa shape index (κ1) is 17.8. The van der Waals surface area contributed by atoms with Crippen molar-refractivity contribution in [2.45, 2.75) is 25.9 Å². The summed E-state index contributed by atoms with van der Waals surface area (Å²) in [5.74, 6) is 2.41. The second kappa shape index (κ2) is 7.51. The Bertz CT molecular complexity index is 845. The number of para-hydroxylation sites is 2. The largest absolute Gasteiger partial charge is 0.337 e. The van der Waals surface area contributed by atoms with Crippen molar-refractivity contribution in [2.75, 3.05) is 26.7 Å². The van der Waals surface area contributed by atoms with Gasteiger partial charge < -0.3 is 14.4 Å². The number of fused-ring (bicyclic) bond motifs is 1. The van der Waals surface area contributed by atoms with Gasteiger partial charge in [0.15, 0.2) is 5.82 Å². The number of imidazole rings is 1. The van der Waals surface area contributed by atoms with Crippen LogP contribution in [0.3, 0.4) is 0 Å². The molecule has 1 N–H and O–H groups in total. The first-order valence-corrected chi connectivity index (χ1v) is 8.44. The minimum absolute atomic E-state index is 0. The summed E-state index contributed by atoms with van der Waals surface area (Å²) in [5, 5.41) is 7.59. The van der Waals surface area contributed by atoms with Crippen molar-refractivity contribution in [2.24, 2.45) is 0 Å². The molecular weight excluding hydrogens is 340 g/mol. The lowest BCUT2D eigenvalue weighted by molar-refractivity contribution is 0.190. The molecule has 4 rings (SSSR count). The van der Waals surface area contributed by atoms with Crippen LogP contribution in [0.15, 0.2) is 28.8 Å². The summed E-state index contributed by atoms with van der Waals surface area (Å²) in [5.41, 5.74) is 2.11. The molecule has 134 valence electrons. The highest BCUT2D eigenvalue weighted by molar-refractivity contribution is 5.85. The maximum atomic E-state index is 5.52. The van der Waals surface area contributed by atoms with Crippen LogP contribution in [-0.4, -0.2) is 51.3 Å². The zero-order chi connectivity index (χ0) is 16.5. The number of hydrogen-bond acceptors (Lipinski definition) is 6. The van der Waals surface area contributed by atoms with Gasteiger partial charge in [0, 0.05) is 26.1 Å². The minimum atomic E-state index is 0. The lowest BCUT2D eigenvalue weighted by atomic mass is 10.2. The topological polar surface area (TPSA) is 72.0 Å². The van der Waals surface area contributed by atoms with Gasteiger partial charge in [0.2, 0.25) is 5.89 Å². The summed E-state index contributed by atoms with van der Waals surface area (Å²) in [6.45, 7) is 5.50. The molecular formula is C17H23ClN6O. The van der Waals surface area contributed by atoms with E-state index in [1.165, 1.54) is 0 Å². The molecule has 1 aliphatic rings. The van der Waals surface area contributed by atoms with Gasteiger partial charge in [-0.15, -0.1) is 12.4 Å². The molecule has 3 aromatic rings. The first-order valence-electron chi connectivity index (χ1n) is 8.44. The van der Waals surface area contributed by atoms with E-state index < -0.39 is 0 Å². The molecule has 1 fully saturated rings. The number of benzene rings is 1. The van der Waals surface area contributed by atoms with E-state index >= 15 is 0 Å². The molecule has 1 aromatic carbocycles. The van der Waals surface area contributed by atoms with E-state index in [-0.39, 0.29) is 18.4 Å². The van der Waals surface area contributed by atoms with E-state index in [1.54, 1.807) is 0 Å². The summed E-state index contributed by atoms with van der Waals surface area (Å²) in [6, 6.07) is 8.32. The normalized spacial score (nSPS) is 18.4. The molecule has 3 heterocycles. The van der Waals surface area contributed by atoms with Gasteiger partial charge in [0.1, 0.15) is 12.4 Å².